The normalized spacial score (nSPS) is 11.0. The summed E-state index contributed by atoms with van der Waals surface area (Å²) in [5.41, 5.74) is 7.74. The Labute approximate surface area is 148 Å². The zero-order chi connectivity index (χ0) is 17.8. The molecule has 0 bridgehead atoms. The molecule has 3 rings (SSSR count). The van der Waals surface area contributed by atoms with Crippen LogP contribution >= 0.6 is 11.3 Å². The molecular formula is C15H19N7O2S. The highest BCUT2D eigenvalue weighted by atomic mass is 32.1. The van der Waals surface area contributed by atoms with Crippen LogP contribution in [0.3, 0.4) is 0 Å². The van der Waals surface area contributed by atoms with Gasteiger partial charge < -0.3 is 25.7 Å². The zero-order valence-electron chi connectivity index (χ0n) is 13.9. The lowest BCUT2D eigenvalue weighted by Gasteiger charge is -2.05. The molecule has 1 aromatic carbocycles. The number of ether oxygens (including phenoxy) is 1. The second-order valence-electron chi connectivity index (χ2n) is 5.33. The molecule has 0 aliphatic carbocycles. The van der Waals surface area contributed by atoms with Gasteiger partial charge in [0.15, 0.2) is 0 Å². The number of methoxy groups -OCH3 is 1. The van der Waals surface area contributed by atoms with E-state index in [0.29, 0.717) is 28.9 Å². The summed E-state index contributed by atoms with van der Waals surface area (Å²) < 4.78 is 6.97. The molecule has 0 unspecified atom stereocenters. The van der Waals surface area contributed by atoms with E-state index in [1.54, 1.807) is 19.2 Å². The molecule has 0 saturated carbocycles. The molecule has 0 aliphatic rings. The first-order valence-electron chi connectivity index (χ1n) is 7.64. The van der Waals surface area contributed by atoms with Gasteiger partial charge in [0.05, 0.1) is 24.2 Å². The van der Waals surface area contributed by atoms with E-state index in [1.165, 1.54) is 11.3 Å². The molecule has 0 atom stereocenters. The summed E-state index contributed by atoms with van der Waals surface area (Å²) in [6.07, 6.45) is 0. The Morgan fingerprint density at radius 2 is 2.24 bits per heavy atom. The summed E-state index contributed by atoms with van der Waals surface area (Å²) in [5, 5.41) is 14.6. The van der Waals surface area contributed by atoms with Crippen molar-refractivity contribution >= 4 is 39.4 Å². The van der Waals surface area contributed by atoms with Gasteiger partial charge in [-0.2, -0.15) is 0 Å². The summed E-state index contributed by atoms with van der Waals surface area (Å²) in [7, 11) is 3.57. The number of hydrogen-bond acceptors (Lipinski definition) is 8. The Balaban J connectivity index is 1.72. The molecule has 9 nitrogen and oxygen atoms in total. The number of anilines is 2. The number of aryl methyl sites for hydroxylation is 1. The fourth-order valence-corrected chi connectivity index (χ4v) is 2.91. The van der Waals surface area contributed by atoms with Gasteiger partial charge in [-0.25, -0.2) is 4.98 Å². The second-order valence-corrected chi connectivity index (χ2v) is 6.43. The molecule has 1 amide bonds. The van der Waals surface area contributed by atoms with Gasteiger partial charge in [-0.3, -0.25) is 4.79 Å². The quantitative estimate of drug-likeness (QED) is 0.537. The van der Waals surface area contributed by atoms with Crippen molar-refractivity contribution in [3.05, 3.63) is 28.8 Å². The standard InChI is InChI=1S/C15H19N7O2S/c1-22-11-4-3-9(7-10(11)19-15(22)17-5-6-24-2)13(23)18-8-12-20-21-14(16)25-12/h3-4,7H,5-6,8H2,1-2H3,(H2,16,21)(H,17,19)(H,18,23). The second kappa shape index (κ2) is 7.45. The topological polar surface area (TPSA) is 120 Å². The van der Waals surface area contributed by atoms with E-state index in [0.717, 1.165) is 17.0 Å². The largest absolute Gasteiger partial charge is 0.383 e. The number of nitrogens with two attached hydrogens (primary N) is 1. The molecule has 0 fully saturated rings. The summed E-state index contributed by atoms with van der Waals surface area (Å²) in [6, 6.07) is 5.41. The summed E-state index contributed by atoms with van der Waals surface area (Å²) in [4.78, 5) is 16.8. The molecule has 132 valence electrons. The van der Waals surface area contributed by atoms with Gasteiger partial charge in [-0.15, -0.1) is 10.2 Å². The van der Waals surface area contributed by atoms with Crippen LogP contribution in [0.2, 0.25) is 0 Å². The van der Waals surface area contributed by atoms with E-state index < -0.39 is 0 Å². The van der Waals surface area contributed by atoms with Gasteiger partial charge in [0, 0.05) is 26.3 Å². The monoisotopic (exact) mass is 361 g/mol. The minimum atomic E-state index is -0.199. The average molecular weight is 361 g/mol. The highest BCUT2D eigenvalue weighted by Crippen LogP contribution is 2.20. The molecule has 2 aromatic heterocycles. The predicted octanol–water partition coefficient (Wildman–Crippen LogP) is 0.995. The summed E-state index contributed by atoms with van der Waals surface area (Å²) in [6.45, 7) is 1.54. The molecule has 3 aromatic rings. The van der Waals surface area contributed by atoms with Crippen LogP contribution in [0.1, 0.15) is 15.4 Å². The number of fused-ring (bicyclic) bond motifs is 1. The van der Waals surface area contributed by atoms with Gasteiger partial charge in [0.2, 0.25) is 11.1 Å². The van der Waals surface area contributed by atoms with Crippen molar-refractivity contribution in [1.82, 2.24) is 25.1 Å². The van der Waals surface area contributed by atoms with Crippen LogP contribution in [-0.4, -0.2) is 45.9 Å². The Morgan fingerprint density at radius 3 is 2.96 bits per heavy atom. The lowest BCUT2D eigenvalue weighted by atomic mass is 10.2. The fourth-order valence-electron chi connectivity index (χ4n) is 2.36. The van der Waals surface area contributed by atoms with E-state index in [2.05, 4.69) is 25.8 Å². The number of benzene rings is 1. The maximum Gasteiger partial charge on any atom is 0.251 e. The van der Waals surface area contributed by atoms with Gasteiger partial charge >= 0.3 is 0 Å². The molecule has 0 radical (unpaired) electrons. The van der Waals surface area contributed by atoms with Gasteiger partial charge in [-0.05, 0) is 18.2 Å². The van der Waals surface area contributed by atoms with Crippen LogP contribution in [0.5, 0.6) is 0 Å². The lowest BCUT2D eigenvalue weighted by Crippen LogP contribution is -2.22. The third-order valence-electron chi connectivity index (χ3n) is 3.61. The van der Waals surface area contributed by atoms with Gasteiger partial charge in [0.1, 0.15) is 5.01 Å². The number of aromatic nitrogens is 4. The molecule has 0 aliphatic heterocycles. The number of nitrogens with zero attached hydrogens (tertiary/aromatic N) is 4. The van der Waals surface area contributed by atoms with Crippen LogP contribution in [0.25, 0.3) is 11.0 Å². The van der Waals surface area contributed by atoms with Gasteiger partial charge in [-0.1, -0.05) is 11.3 Å². The van der Waals surface area contributed by atoms with Crippen molar-refractivity contribution in [2.24, 2.45) is 7.05 Å². The Bertz CT molecular complexity index is 889. The first kappa shape index (κ1) is 17.1. The molecule has 0 saturated heterocycles. The molecule has 2 heterocycles. The summed E-state index contributed by atoms with van der Waals surface area (Å²) >= 11 is 1.25. The van der Waals surface area contributed by atoms with Crippen molar-refractivity contribution in [2.75, 3.05) is 31.3 Å². The van der Waals surface area contributed by atoms with E-state index in [1.807, 2.05) is 17.7 Å². The first-order chi connectivity index (χ1) is 12.1. The van der Waals surface area contributed by atoms with Gasteiger partial charge in [0.25, 0.3) is 5.91 Å². The van der Waals surface area contributed by atoms with Crippen LogP contribution in [0.15, 0.2) is 18.2 Å². The van der Waals surface area contributed by atoms with Crippen LogP contribution in [0.4, 0.5) is 11.1 Å². The number of imidazole rings is 1. The fraction of sp³-hybridized carbons (Fsp3) is 0.333. The number of rotatable bonds is 7. The molecule has 10 heteroatoms. The smallest absolute Gasteiger partial charge is 0.251 e. The Hall–Kier alpha value is -2.72. The lowest BCUT2D eigenvalue weighted by molar-refractivity contribution is 0.0951. The first-order valence-corrected chi connectivity index (χ1v) is 8.45. The van der Waals surface area contributed by atoms with Crippen molar-refractivity contribution in [3.8, 4) is 0 Å². The number of carbonyl (C=O) groups is 1. The number of carbonyl (C=O) groups excluding carboxylic acids is 1. The molecule has 4 N–H and O–H groups in total. The maximum atomic E-state index is 12.3. The van der Waals surface area contributed by atoms with E-state index in [4.69, 9.17) is 10.5 Å². The third-order valence-corrected chi connectivity index (χ3v) is 4.37. The minimum Gasteiger partial charge on any atom is -0.383 e. The van der Waals surface area contributed by atoms with Crippen LogP contribution in [-0.2, 0) is 18.3 Å². The Morgan fingerprint density at radius 1 is 1.40 bits per heavy atom. The number of nitrogens with one attached hydrogen (secondary N) is 2. The number of amides is 1. The van der Waals surface area contributed by atoms with Crippen molar-refractivity contribution in [2.45, 2.75) is 6.54 Å². The maximum absolute atomic E-state index is 12.3. The average Bonchev–Trinajstić information content (AvgIpc) is 3.16. The SMILES string of the molecule is COCCNc1nc2cc(C(=O)NCc3nnc(N)s3)ccc2n1C. The van der Waals surface area contributed by atoms with E-state index in [9.17, 15) is 4.79 Å². The highest BCUT2D eigenvalue weighted by Gasteiger charge is 2.12. The Kier molecular flexibility index (Phi) is 5.10. The third kappa shape index (κ3) is 3.86. The predicted molar refractivity (Wildman–Crippen MR) is 96.6 cm³/mol. The minimum absolute atomic E-state index is 0.199. The van der Waals surface area contributed by atoms with Crippen molar-refractivity contribution in [3.63, 3.8) is 0 Å². The van der Waals surface area contributed by atoms with Crippen LogP contribution < -0.4 is 16.4 Å². The van der Waals surface area contributed by atoms with E-state index >= 15 is 0 Å². The zero-order valence-corrected chi connectivity index (χ0v) is 14.8. The summed E-state index contributed by atoms with van der Waals surface area (Å²) in [5.74, 6) is 0.532. The number of nitrogen functional groups attached to an aromatic ring is 1. The van der Waals surface area contributed by atoms with Crippen LogP contribution in [0, 0.1) is 0 Å². The van der Waals surface area contributed by atoms with E-state index in [-0.39, 0.29) is 12.5 Å². The molecular weight excluding hydrogens is 342 g/mol. The molecule has 0 spiro atoms. The highest BCUT2D eigenvalue weighted by molar-refractivity contribution is 7.15. The van der Waals surface area contributed by atoms with Crippen molar-refractivity contribution < 1.29 is 9.53 Å². The number of hydrogen-bond donors (Lipinski definition) is 3. The molecule has 25 heavy (non-hydrogen) atoms. The van der Waals surface area contributed by atoms with Crippen molar-refractivity contribution in [1.29, 1.82) is 0 Å².